The Bertz CT molecular complexity index is 824. The van der Waals surface area contributed by atoms with Gasteiger partial charge < -0.3 is 10.2 Å². The van der Waals surface area contributed by atoms with Crippen LogP contribution < -0.4 is 5.32 Å². The summed E-state index contributed by atoms with van der Waals surface area (Å²) in [7, 11) is 0. The summed E-state index contributed by atoms with van der Waals surface area (Å²) in [5, 5.41) is 3.08. The number of nitrogens with one attached hydrogen (secondary N) is 1. The molecule has 5 nitrogen and oxygen atoms in total. The molecule has 1 aliphatic heterocycles. The van der Waals surface area contributed by atoms with Gasteiger partial charge in [0.25, 0.3) is 0 Å². The second kappa shape index (κ2) is 8.16. The Morgan fingerprint density at radius 2 is 1.93 bits per heavy atom. The van der Waals surface area contributed by atoms with E-state index in [2.05, 4.69) is 16.9 Å². The van der Waals surface area contributed by atoms with E-state index in [0.29, 0.717) is 25.9 Å². The van der Waals surface area contributed by atoms with E-state index in [1.807, 2.05) is 49.4 Å². The first kappa shape index (κ1) is 18.8. The Kier molecular flexibility index (Phi) is 5.69. The number of aryl methyl sites for hydroxylation is 1. The molecule has 27 heavy (non-hydrogen) atoms. The fraction of sp³-hybridized carbons (Fsp3) is 0.318. The first-order chi connectivity index (χ1) is 13.1. The van der Waals surface area contributed by atoms with Gasteiger partial charge in [0, 0.05) is 30.7 Å². The van der Waals surface area contributed by atoms with Crippen molar-refractivity contribution in [2.75, 3.05) is 18.4 Å². The van der Waals surface area contributed by atoms with Crippen LogP contribution in [0.15, 0.2) is 61.3 Å². The summed E-state index contributed by atoms with van der Waals surface area (Å²) in [6.45, 7) is 6.66. The number of rotatable bonds is 5. The van der Waals surface area contributed by atoms with E-state index in [0.717, 1.165) is 23.4 Å². The summed E-state index contributed by atoms with van der Waals surface area (Å²) in [6, 6.07) is 13.6. The minimum absolute atomic E-state index is 0.0346. The van der Waals surface area contributed by atoms with Crippen molar-refractivity contribution < 1.29 is 9.59 Å². The zero-order valence-corrected chi connectivity index (χ0v) is 15.6. The van der Waals surface area contributed by atoms with E-state index in [4.69, 9.17) is 0 Å². The van der Waals surface area contributed by atoms with Gasteiger partial charge in [-0.15, -0.1) is 0 Å². The molecule has 1 N–H and O–H groups in total. The van der Waals surface area contributed by atoms with Gasteiger partial charge in [0.15, 0.2) is 0 Å². The van der Waals surface area contributed by atoms with Gasteiger partial charge in [0.2, 0.25) is 11.8 Å². The lowest BCUT2D eigenvalue weighted by atomic mass is 9.72. The van der Waals surface area contributed by atoms with Gasteiger partial charge in [-0.25, -0.2) is 0 Å². The first-order valence-electron chi connectivity index (χ1n) is 9.32. The maximum atomic E-state index is 13.4. The molecule has 3 rings (SSSR count). The molecule has 2 amide bonds. The molecular formula is C22H25N3O2. The number of carbonyl (C=O) groups is 2. The van der Waals surface area contributed by atoms with E-state index < -0.39 is 5.41 Å². The highest BCUT2D eigenvalue weighted by Crippen LogP contribution is 2.37. The highest BCUT2D eigenvalue weighted by Gasteiger charge is 2.43. The van der Waals surface area contributed by atoms with Gasteiger partial charge in [0.1, 0.15) is 0 Å². The molecule has 0 saturated carbocycles. The standard InChI is InChI=1S/C22H25N3O2/c1-3-18-16-19(10-13-23-18)24-21(27)22(17-8-6-5-7-9-17)11-14-25(15-12-22)20(26)4-2/h4-10,13,16H,2-3,11-12,14-15H2,1H3,(H,23,24,27). The average Bonchev–Trinajstić information content (AvgIpc) is 2.74. The number of pyridine rings is 1. The largest absolute Gasteiger partial charge is 0.339 e. The zero-order valence-electron chi connectivity index (χ0n) is 15.6. The fourth-order valence-corrected chi connectivity index (χ4v) is 3.64. The van der Waals surface area contributed by atoms with Gasteiger partial charge in [-0.3, -0.25) is 14.6 Å². The third-order valence-electron chi connectivity index (χ3n) is 5.30. The van der Waals surface area contributed by atoms with Crippen LogP contribution in [-0.4, -0.2) is 34.8 Å². The van der Waals surface area contributed by atoms with Gasteiger partial charge >= 0.3 is 0 Å². The van der Waals surface area contributed by atoms with Crippen LogP contribution in [0.1, 0.15) is 31.0 Å². The lowest BCUT2D eigenvalue weighted by Gasteiger charge is -2.40. The number of hydrogen-bond donors (Lipinski definition) is 1. The molecule has 0 unspecified atom stereocenters. The lowest BCUT2D eigenvalue weighted by molar-refractivity contribution is -0.131. The van der Waals surface area contributed by atoms with Gasteiger partial charge in [-0.1, -0.05) is 43.8 Å². The van der Waals surface area contributed by atoms with Crippen molar-refractivity contribution >= 4 is 17.5 Å². The number of nitrogens with zero attached hydrogens (tertiary/aromatic N) is 2. The van der Waals surface area contributed by atoms with Crippen LogP contribution in [0.3, 0.4) is 0 Å². The lowest BCUT2D eigenvalue weighted by Crippen LogP contribution is -2.50. The zero-order chi connectivity index (χ0) is 19.3. The molecule has 1 aliphatic rings. The molecule has 0 atom stereocenters. The highest BCUT2D eigenvalue weighted by atomic mass is 16.2. The van der Waals surface area contributed by atoms with Crippen LogP contribution >= 0.6 is 0 Å². The van der Waals surface area contributed by atoms with Gasteiger partial charge in [-0.05, 0) is 43.0 Å². The summed E-state index contributed by atoms with van der Waals surface area (Å²) >= 11 is 0. The Labute approximate surface area is 160 Å². The van der Waals surface area contributed by atoms with Crippen molar-refractivity contribution in [3.05, 3.63) is 72.6 Å². The summed E-state index contributed by atoms with van der Waals surface area (Å²) in [5.41, 5.74) is 2.02. The van der Waals surface area contributed by atoms with E-state index in [1.165, 1.54) is 6.08 Å². The number of amides is 2. The van der Waals surface area contributed by atoms with Gasteiger partial charge in [0.05, 0.1) is 5.41 Å². The molecule has 1 aromatic heterocycles. The fourth-order valence-electron chi connectivity index (χ4n) is 3.64. The smallest absolute Gasteiger partial charge is 0.245 e. The maximum Gasteiger partial charge on any atom is 0.245 e. The molecule has 2 aromatic rings. The molecule has 2 heterocycles. The average molecular weight is 363 g/mol. The number of anilines is 1. The second-order valence-electron chi connectivity index (χ2n) is 6.82. The molecule has 0 bridgehead atoms. The quantitative estimate of drug-likeness (QED) is 0.829. The summed E-state index contributed by atoms with van der Waals surface area (Å²) in [5.74, 6) is -0.119. The summed E-state index contributed by atoms with van der Waals surface area (Å²) in [4.78, 5) is 31.4. The molecule has 1 saturated heterocycles. The van der Waals surface area contributed by atoms with E-state index in [1.54, 1.807) is 11.1 Å². The summed E-state index contributed by atoms with van der Waals surface area (Å²) < 4.78 is 0. The van der Waals surface area contributed by atoms with E-state index in [-0.39, 0.29) is 11.8 Å². The third kappa shape index (κ3) is 3.92. The molecule has 1 fully saturated rings. The van der Waals surface area contributed by atoms with Crippen molar-refractivity contribution in [3.63, 3.8) is 0 Å². The molecule has 0 spiro atoms. The number of piperidine rings is 1. The second-order valence-corrected chi connectivity index (χ2v) is 6.82. The number of benzene rings is 1. The molecule has 0 radical (unpaired) electrons. The Hall–Kier alpha value is -2.95. The summed E-state index contributed by atoms with van der Waals surface area (Å²) in [6.07, 6.45) is 5.02. The SMILES string of the molecule is C=CC(=O)N1CCC(C(=O)Nc2ccnc(CC)c2)(c2ccccc2)CC1. The Morgan fingerprint density at radius 1 is 1.22 bits per heavy atom. The van der Waals surface area contributed by atoms with Crippen molar-refractivity contribution in [1.29, 1.82) is 0 Å². The number of hydrogen-bond acceptors (Lipinski definition) is 3. The topological polar surface area (TPSA) is 62.3 Å². The van der Waals surface area contributed by atoms with Crippen LogP contribution in [0.5, 0.6) is 0 Å². The van der Waals surface area contributed by atoms with Crippen molar-refractivity contribution in [2.24, 2.45) is 0 Å². The normalized spacial score (nSPS) is 15.8. The first-order valence-corrected chi connectivity index (χ1v) is 9.32. The third-order valence-corrected chi connectivity index (χ3v) is 5.30. The Morgan fingerprint density at radius 3 is 2.56 bits per heavy atom. The number of likely N-dealkylation sites (tertiary alicyclic amines) is 1. The highest BCUT2D eigenvalue weighted by molar-refractivity contribution is 5.99. The van der Waals surface area contributed by atoms with Crippen molar-refractivity contribution in [2.45, 2.75) is 31.6 Å². The van der Waals surface area contributed by atoms with Crippen molar-refractivity contribution in [1.82, 2.24) is 9.88 Å². The number of aromatic nitrogens is 1. The predicted molar refractivity (Wildman–Crippen MR) is 106 cm³/mol. The van der Waals surface area contributed by atoms with Crippen LogP contribution in [0.2, 0.25) is 0 Å². The molecule has 140 valence electrons. The minimum atomic E-state index is -0.658. The van der Waals surface area contributed by atoms with Crippen LogP contribution in [-0.2, 0) is 21.4 Å². The molecule has 1 aromatic carbocycles. The van der Waals surface area contributed by atoms with Crippen LogP contribution in [0.25, 0.3) is 0 Å². The van der Waals surface area contributed by atoms with Gasteiger partial charge in [-0.2, -0.15) is 0 Å². The van der Waals surface area contributed by atoms with E-state index in [9.17, 15) is 9.59 Å². The molecule has 5 heteroatoms. The molecular weight excluding hydrogens is 338 g/mol. The van der Waals surface area contributed by atoms with E-state index >= 15 is 0 Å². The number of carbonyl (C=O) groups excluding carboxylic acids is 2. The van der Waals surface area contributed by atoms with Crippen LogP contribution in [0, 0.1) is 0 Å². The minimum Gasteiger partial charge on any atom is -0.339 e. The monoisotopic (exact) mass is 363 g/mol. The molecule has 0 aliphatic carbocycles. The maximum absolute atomic E-state index is 13.4. The Balaban J connectivity index is 1.88. The van der Waals surface area contributed by atoms with Crippen molar-refractivity contribution in [3.8, 4) is 0 Å². The van der Waals surface area contributed by atoms with Crippen LogP contribution in [0.4, 0.5) is 5.69 Å². The predicted octanol–water partition coefficient (Wildman–Crippen LogP) is 3.33.